The van der Waals surface area contributed by atoms with Crippen LogP contribution in [-0.2, 0) is 6.18 Å². The summed E-state index contributed by atoms with van der Waals surface area (Å²) in [5.74, 6) is 1.12. The Labute approximate surface area is 162 Å². The highest BCUT2D eigenvalue weighted by Gasteiger charge is 2.34. The zero-order chi connectivity index (χ0) is 18.9. The Kier molecular flexibility index (Phi) is 5.05. The Balaban J connectivity index is 1.56. The Bertz CT molecular complexity index is 919. The summed E-state index contributed by atoms with van der Waals surface area (Å²) in [6.45, 7) is 2.09. The number of anilines is 1. The molecule has 0 radical (unpaired) electrons. The van der Waals surface area contributed by atoms with Crippen molar-refractivity contribution >= 4 is 28.8 Å². The molecule has 4 nitrogen and oxygen atoms in total. The van der Waals surface area contributed by atoms with Gasteiger partial charge < -0.3 is 4.90 Å². The van der Waals surface area contributed by atoms with E-state index in [2.05, 4.69) is 32.0 Å². The molecule has 1 fully saturated rings. The van der Waals surface area contributed by atoms with Crippen LogP contribution in [0.3, 0.4) is 0 Å². The molecule has 0 spiro atoms. The van der Waals surface area contributed by atoms with Crippen molar-refractivity contribution in [2.45, 2.75) is 6.18 Å². The van der Waals surface area contributed by atoms with E-state index in [-0.39, 0.29) is 5.69 Å². The molecule has 0 bridgehead atoms. The highest BCUT2D eigenvalue weighted by molar-refractivity contribution is 7.99. The van der Waals surface area contributed by atoms with Crippen LogP contribution < -0.4 is 4.90 Å². The van der Waals surface area contributed by atoms with Gasteiger partial charge in [0.2, 0.25) is 5.82 Å². The molecule has 140 valence electrons. The largest absolute Gasteiger partial charge is 0.451 e. The predicted molar refractivity (Wildman–Crippen MR) is 103 cm³/mol. The van der Waals surface area contributed by atoms with Crippen molar-refractivity contribution in [1.29, 1.82) is 0 Å². The van der Waals surface area contributed by atoms with Gasteiger partial charge in [-0.05, 0) is 23.8 Å². The Morgan fingerprint density at radius 2 is 1.70 bits per heavy atom. The summed E-state index contributed by atoms with van der Waals surface area (Å²) in [5, 5.41) is 0.440. The summed E-state index contributed by atoms with van der Waals surface area (Å²) >= 11 is 3.28. The minimum absolute atomic E-state index is 0.177. The van der Waals surface area contributed by atoms with Crippen LogP contribution in [0.1, 0.15) is 5.82 Å². The lowest BCUT2D eigenvalue weighted by Gasteiger charge is -2.28. The van der Waals surface area contributed by atoms with Gasteiger partial charge in [-0.1, -0.05) is 12.1 Å². The van der Waals surface area contributed by atoms with Crippen molar-refractivity contribution in [3.05, 3.63) is 48.5 Å². The van der Waals surface area contributed by atoms with Crippen LogP contribution in [0.2, 0.25) is 0 Å². The van der Waals surface area contributed by atoms with Gasteiger partial charge in [-0.3, -0.25) is 0 Å². The zero-order valence-electron chi connectivity index (χ0n) is 14.1. The average Bonchev–Trinajstić information content (AvgIpc) is 3.19. The maximum absolute atomic E-state index is 12.8. The van der Waals surface area contributed by atoms with Crippen molar-refractivity contribution in [3.63, 3.8) is 0 Å². The van der Waals surface area contributed by atoms with E-state index in [1.807, 2.05) is 23.9 Å². The Morgan fingerprint density at radius 3 is 2.41 bits per heavy atom. The Morgan fingerprint density at radius 1 is 0.963 bits per heavy atom. The molecule has 1 aliphatic rings. The van der Waals surface area contributed by atoms with Gasteiger partial charge in [-0.25, -0.2) is 15.0 Å². The van der Waals surface area contributed by atoms with E-state index >= 15 is 0 Å². The summed E-state index contributed by atoms with van der Waals surface area (Å²) < 4.78 is 38.4. The van der Waals surface area contributed by atoms with Gasteiger partial charge in [0, 0.05) is 42.7 Å². The summed E-state index contributed by atoms with van der Waals surface area (Å²) in [6, 6.07) is 9.65. The van der Waals surface area contributed by atoms with Gasteiger partial charge in [0.25, 0.3) is 0 Å². The molecule has 0 saturated carbocycles. The predicted octanol–water partition coefficient (Wildman–Crippen LogP) is 4.84. The molecule has 0 unspecified atom stereocenters. The lowest BCUT2D eigenvalue weighted by molar-refractivity contribution is -0.144. The molecule has 3 aromatic rings. The molecule has 1 saturated heterocycles. The number of benzene rings is 1. The summed E-state index contributed by atoms with van der Waals surface area (Å²) in [6.07, 6.45) is -1.79. The standard InChI is InChI=1S/C18H15F3N4S2/c19-18(20,21)17-22-6-5-14(24-17)16-23-11-15(27-16)12-1-3-13(4-2-12)25-7-9-26-10-8-25/h1-6,11H,7-10H2. The van der Waals surface area contributed by atoms with E-state index in [9.17, 15) is 13.2 Å². The first-order valence-electron chi connectivity index (χ1n) is 8.30. The van der Waals surface area contributed by atoms with E-state index in [1.54, 1.807) is 6.20 Å². The molecular formula is C18H15F3N4S2. The minimum atomic E-state index is -4.57. The fourth-order valence-electron chi connectivity index (χ4n) is 2.80. The molecule has 4 rings (SSSR count). The van der Waals surface area contributed by atoms with Gasteiger partial charge >= 0.3 is 6.18 Å². The third-order valence-corrected chi connectivity index (χ3v) is 6.17. The molecule has 0 amide bonds. The van der Waals surface area contributed by atoms with Gasteiger partial charge in [0.1, 0.15) is 10.7 Å². The van der Waals surface area contributed by atoms with E-state index in [0.717, 1.165) is 41.2 Å². The van der Waals surface area contributed by atoms with Crippen molar-refractivity contribution in [2.24, 2.45) is 0 Å². The number of alkyl halides is 3. The normalized spacial score (nSPS) is 15.1. The van der Waals surface area contributed by atoms with Crippen LogP contribution in [0, 0.1) is 0 Å². The fourth-order valence-corrected chi connectivity index (χ4v) is 4.59. The number of aromatic nitrogens is 3. The van der Waals surface area contributed by atoms with Gasteiger partial charge in [-0.2, -0.15) is 24.9 Å². The smallest absolute Gasteiger partial charge is 0.370 e. The van der Waals surface area contributed by atoms with Crippen molar-refractivity contribution in [2.75, 3.05) is 29.5 Å². The lowest BCUT2D eigenvalue weighted by Crippen LogP contribution is -2.32. The van der Waals surface area contributed by atoms with Crippen LogP contribution in [0.15, 0.2) is 42.7 Å². The van der Waals surface area contributed by atoms with Crippen LogP contribution in [-0.4, -0.2) is 39.5 Å². The summed E-state index contributed by atoms with van der Waals surface area (Å²) in [4.78, 5) is 14.4. The van der Waals surface area contributed by atoms with Crippen LogP contribution in [0.4, 0.5) is 18.9 Å². The van der Waals surface area contributed by atoms with E-state index in [1.165, 1.54) is 23.1 Å². The molecule has 2 aromatic heterocycles. The molecule has 0 atom stereocenters. The Hall–Kier alpha value is -2.13. The third kappa shape index (κ3) is 4.08. The molecule has 9 heteroatoms. The summed E-state index contributed by atoms with van der Waals surface area (Å²) in [5.41, 5.74) is 2.35. The topological polar surface area (TPSA) is 41.9 Å². The van der Waals surface area contributed by atoms with Crippen molar-refractivity contribution in [1.82, 2.24) is 15.0 Å². The van der Waals surface area contributed by atoms with E-state index in [0.29, 0.717) is 5.01 Å². The molecule has 1 aliphatic heterocycles. The highest BCUT2D eigenvalue weighted by Crippen LogP contribution is 2.34. The van der Waals surface area contributed by atoms with Crippen molar-refractivity contribution in [3.8, 4) is 21.1 Å². The number of nitrogens with zero attached hydrogens (tertiary/aromatic N) is 4. The number of rotatable bonds is 3. The quantitative estimate of drug-likeness (QED) is 0.620. The van der Waals surface area contributed by atoms with Crippen LogP contribution >= 0.6 is 23.1 Å². The molecule has 0 N–H and O–H groups in total. The maximum atomic E-state index is 12.8. The molecule has 1 aromatic carbocycles. The van der Waals surface area contributed by atoms with E-state index < -0.39 is 12.0 Å². The monoisotopic (exact) mass is 408 g/mol. The first-order chi connectivity index (χ1) is 13.0. The number of hydrogen-bond acceptors (Lipinski definition) is 6. The van der Waals surface area contributed by atoms with Crippen LogP contribution in [0.25, 0.3) is 21.1 Å². The maximum Gasteiger partial charge on any atom is 0.451 e. The second-order valence-corrected chi connectivity index (χ2v) is 8.19. The van der Waals surface area contributed by atoms with Crippen LogP contribution in [0.5, 0.6) is 0 Å². The highest BCUT2D eigenvalue weighted by atomic mass is 32.2. The van der Waals surface area contributed by atoms with Gasteiger partial charge in [0.05, 0.1) is 4.88 Å². The average molecular weight is 408 g/mol. The molecule has 0 aliphatic carbocycles. The van der Waals surface area contributed by atoms with E-state index in [4.69, 9.17) is 0 Å². The number of thiazole rings is 1. The SMILES string of the molecule is FC(F)(F)c1nccc(-c2ncc(-c3ccc(N4CCSCC4)cc3)s2)n1. The number of thioether (sulfide) groups is 1. The lowest BCUT2D eigenvalue weighted by atomic mass is 10.2. The van der Waals surface area contributed by atoms with Crippen molar-refractivity contribution < 1.29 is 13.2 Å². The van der Waals surface area contributed by atoms with Gasteiger partial charge in [-0.15, -0.1) is 11.3 Å². The molecule has 3 heterocycles. The van der Waals surface area contributed by atoms with Gasteiger partial charge in [0.15, 0.2) is 0 Å². The second kappa shape index (κ2) is 7.47. The third-order valence-electron chi connectivity index (χ3n) is 4.16. The summed E-state index contributed by atoms with van der Waals surface area (Å²) in [7, 11) is 0. The zero-order valence-corrected chi connectivity index (χ0v) is 15.7. The fraction of sp³-hybridized carbons (Fsp3) is 0.278. The number of halogens is 3. The molecular weight excluding hydrogens is 393 g/mol. The minimum Gasteiger partial charge on any atom is -0.370 e. The first-order valence-corrected chi connectivity index (χ1v) is 10.3. The second-order valence-electron chi connectivity index (χ2n) is 5.94. The first kappa shape index (κ1) is 18.2. The molecule has 27 heavy (non-hydrogen) atoms. The number of hydrogen-bond donors (Lipinski definition) is 0.